The van der Waals surface area contributed by atoms with Crippen LogP contribution < -0.4 is 0 Å². The number of amides is 1. The van der Waals surface area contributed by atoms with E-state index in [0.29, 0.717) is 11.3 Å². The van der Waals surface area contributed by atoms with Crippen molar-refractivity contribution < 1.29 is 29.2 Å². The Hall–Kier alpha value is -2.84. The van der Waals surface area contributed by atoms with Crippen molar-refractivity contribution >= 4 is 5.91 Å². The summed E-state index contributed by atoms with van der Waals surface area (Å²) in [4.78, 5) is 12.8. The van der Waals surface area contributed by atoms with Gasteiger partial charge in [0.25, 0.3) is 5.91 Å². The molecule has 5 atom stereocenters. The summed E-state index contributed by atoms with van der Waals surface area (Å²) in [6.45, 7) is -0.565. The summed E-state index contributed by atoms with van der Waals surface area (Å²) in [5.74, 6) is 0.721. The predicted molar refractivity (Wildman–Crippen MR) is 93.8 cm³/mol. The van der Waals surface area contributed by atoms with Crippen LogP contribution in [0.1, 0.15) is 6.04 Å². The molecule has 28 heavy (non-hydrogen) atoms. The average Bonchev–Trinajstić information content (AvgIpc) is 3.17. The molecule has 0 radical (unpaired) electrons. The molecule has 10 heteroatoms. The number of benzene rings is 1. The van der Waals surface area contributed by atoms with Crippen LogP contribution in [0.2, 0.25) is 0 Å². The van der Waals surface area contributed by atoms with Crippen molar-refractivity contribution in [2.24, 2.45) is 0 Å². The number of aliphatic hydroxyl groups excluding tert-OH is 3. The first-order chi connectivity index (χ1) is 13.4. The maximum absolute atomic E-state index is 13.5. The molecule has 1 aromatic heterocycles. The highest BCUT2D eigenvalue weighted by Gasteiger charge is 2.48. The first-order valence-electron chi connectivity index (χ1n) is 8.41. The molecule has 2 heterocycles. The number of aromatic nitrogens is 3. The Kier molecular flexibility index (Phi) is 5.71. The Morgan fingerprint density at radius 2 is 2.18 bits per heavy atom. The van der Waals surface area contributed by atoms with Crippen LogP contribution in [-0.2, 0) is 9.53 Å². The molecule has 3 rings (SSSR count). The second-order valence-electron chi connectivity index (χ2n) is 6.37. The van der Waals surface area contributed by atoms with Gasteiger partial charge in [-0.1, -0.05) is 17.3 Å². The normalized spacial score (nSPS) is 27.2. The molecule has 0 saturated carbocycles. The van der Waals surface area contributed by atoms with Gasteiger partial charge in [-0.15, -0.1) is 11.5 Å². The van der Waals surface area contributed by atoms with Crippen LogP contribution >= 0.6 is 0 Å². The van der Waals surface area contributed by atoms with E-state index in [-0.39, 0.29) is 0 Å². The maximum atomic E-state index is 13.5. The number of hydrogen-bond donors (Lipinski definition) is 3. The number of ether oxygens (including phenoxy) is 1. The fourth-order valence-electron chi connectivity index (χ4n) is 3.13. The number of rotatable bonds is 4. The zero-order valence-electron chi connectivity index (χ0n) is 14.9. The van der Waals surface area contributed by atoms with Crippen molar-refractivity contribution in [3.05, 3.63) is 36.3 Å². The van der Waals surface area contributed by atoms with Crippen LogP contribution in [0.5, 0.6) is 0 Å². The minimum absolute atomic E-state index is 0.315. The van der Waals surface area contributed by atoms with E-state index in [0.717, 1.165) is 4.90 Å². The molecule has 1 aliphatic rings. The molecule has 0 aliphatic carbocycles. The standard InChI is InChI=1S/C18H19FN4O5/c1-3-14(25)22(2)18-17(27)15(16(26)13(9-24)28-18)23-8-12(20-21-23)10-5-4-6-11(19)7-10/h1,4-8,13,15-18,24,26-27H,9H2,2H3/t13?,15-,16-,17?,18?/m0/s1. The lowest BCUT2D eigenvalue weighted by atomic mass is 9.95. The molecule has 3 N–H and O–H groups in total. The third-order valence-electron chi connectivity index (χ3n) is 4.63. The summed E-state index contributed by atoms with van der Waals surface area (Å²) in [5.41, 5.74) is 0.771. The zero-order valence-corrected chi connectivity index (χ0v) is 14.9. The molecule has 9 nitrogen and oxygen atoms in total. The van der Waals surface area contributed by atoms with E-state index in [1.54, 1.807) is 6.07 Å². The molecular weight excluding hydrogens is 371 g/mol. The van der Waals surface area contributed by atoms with Gasteiger partial charge in [0.15, 0.2) is 6.23 Å². The van der Waals surface area contributed by atoms with Crippen molar-refractivity contribution in [2.75, 3.05) is 13.7 Å². The van der Waals surface area contributed by atoms with Gasteiger partial charge in [0.1, 0.15) is 35.9 Å². The van der Waals surface area contributed by atoms with Crippen LogP contribution in [0.15, 0.2) is 30.5 Å². The lowest BCUT2D eigenvalue weighted by molar-refractivity contribution is -0.240. The van der Waals surface area contributed by atoms with E-state index in [2.05, 4.69) is 10.3 Å². The van der Waals surface area contributed by atoms with E-state index in [4.69, 9.17) is 11.2 Å². The van der Waals surface area contributed by atoms with Crippen LogP contribution in [0.4, 0.5) is 4.39 Å². The van der Waals surface area contributed by atoms with Gasteiger partial charge < -0.3 is 25.0 Å². The lowest BCUT2D eigenvalue weighted by Crippen LogP contribution is -2.61. The topological polar surface area (TPSA) is 121 Å². The van der Waals surface area contributed by atoms with E-state index < -0.39 is 48.9 Å². The van der Waals surface area contributed by atoms with Crippen LogP contribution in [-0.4, -0.2) is 79.3 Å². The van der Waals surface area contributed by atoms with Gasteiger partial charge in [-0.3, -0.25) is 4.79 Å². The number of carbonyl (C=O) groups excluding carboxylic acids is 1. The maximum Gasteiger partial charge on any atom is 0.300 e. The van der Waals surface area contributed by atoms with Gasteiger partial charge in [0, 0.05) is 12.6 Å². The number of hydrogen-bond acceptors (Lipinski definition) is 7. The minimum atomic E-state index is -1.43. The van der Waals surface area contributed by atoms with Crippen LogP contribution in [0.25, 0.3) is 11.3 Å². The molecule has 1 saturated heterocycles. The van der Waals surface area contributed by atoms with Crippen molar-refractivity contribution in [1.82, 2.24) is 19.9 Å². The summed E-state index contributed by atoms with van der Waals surface area (Å²) in [7, 11) is 1.33. The van der Waals surface area contributed by atoms with Gasteiger partial charge in [-0.2, -0.15) is 0 Å². The molecule has 148 valence electrons. The molecule has 0 bridgehead atoms. The smallest absolute Gasteiger partial charge is 0.300 e. The summed E-state index contributed by atoms with van der Waals surface area (Å²) in [5, 5.41) is 38.7. The molecule has 1 aliphatic heterocycles. The molecular formula is C18H19FN4O5. The summed E-state index contributed by atoms with van der Waals surface area (Å²) < 4.78 is 20.1. The van der Waals surface area contributed by atoms with Gasteiger partial charge in [-0.05, 0) is 18.1 Å². The molecule has 0 spiro atoms. The SMILES string of the molecule is C#CC(=O)N(C)C1OC(CO)[C@H](O)[C@H](n2cc(-c3cccc(F)c3)nn2)C1O. The Balaban J connectivity index is 1.94. The Bertz CT molecular complexity index is 898. The molecule has 1 fully saturated rings. The van der Waals surface area contributed by atoms with Gasteiger partial charge in [0.05, 0.1) is 12.8 Å². The highest BCUT2D eigenvalue weighted by atomic mass is 19.1. The third-order valence-corrected chi connectivity index (χ3v) is 4.63. The van der Waals surface area contributed by atoms with Crippen molar-refractivity contribution in [1.29, 1.82) is 0 Å². The minimum Gasteiger partial charge on any atom is -0.394 e. The number of aliphatic hydroxyl groups is 3. The van der Waals surface area contributed by atoms with E-state index in [1.807, 2.05) is 5.92 Å². The lowest BCUT2D eigenvalue weighted by Gasteiger charge is -2.44. The number of nitrogens with zero attached hydrogens (tertiary/aromatic N) is 4. The highest BCUT2D eigenvalue weighted by molar-refractivity contribution is 5.92. The number of carbonyl (C=O) groups is 1. The van der Waals surface area contributed by atoms with E-state index in [1.165, 1.54) is 36.1 Å². The van der Waals surface area contributed by atoms with Crippen LogP contribution in [0.3, 0.4) is 0 Å². The van der Waals surface area contributed by atoms with Crippen molar-refractivity contribution in [3.63, 3.8) is 0 Å². The Morgan fingerprint density at radius 3 is 2.82 bits per heavy atom. The largest absolute Gasteiger partial charge is 0.394 e. The molecule has 1 amide bonds. The highest BCUT2D eigenvalue weighted by Crippen LogP contribution is 2.32. The number of terminal acetylenes is 1. The second-order valence-corrected chi connectivity index (χ2v) is 6.37. The number of halogens is 1. The van der Waals surface area contributed by atoms with Gasteiger partial charge in [0.2, 0.25) is 0 Å². The van der Waals surface area contributed by atoms with E-state index >= 15 is 0 Å². The van der Waals surface area contributed by atoms with Gasteiger partial charge >= 0.3 is 0 Å². The first kappa shape index (κ1) is 19.9. The van der Waals surface area contributed by atoms with Crippen LogP contribution in [0, 0.1) is 18.2 Å². The Labute approximate surface area is 160 Å². The molecule has 2 aromatic rings. The summed E-state index contributed by atoms with van der Waals surface area (Å²) in [6.07, 6.45) is 1.42. The van der Waals surface area contributed by atoms with Crippen molar-refractivity contribution in [2.45, 2.75) is 30.6 Å². The van der Waals surface area contributed by atoms with Crippen molar-refractivity contribution in [3.8, 4) is 23.6 Å². The number of likely N-dealkylation sites (N-methyl/N-ethyl adjacent to an activating group) is 1. The molecule has 3 unspecified atom stereocenters. The average molecular weight is 390 g/mol. The van der Waals surface area contributed by atoms with Gasteiger partial charge in [-0.25, -0.2) is 9.07 Å². The third kappa shape index (κ3) is 3.61. The first-order valence-corrected chi connectivity index (χ1v) is 8.41. The summed E-state index contributed by atoms with van der Waals surface area (Å²) >= 11 is 0. The second kappa shape index (κ2) is 8.04. The summed E-state index contributed by atoms with van der Waals surface area (Å²) in [6, 6.07) is 4.60. The fourth-order valence-corrected chi connectivity index (χ4v) is 3.13. The predicted octanol–water partition coefficient (Wildman–Crippen LogP) is -0.844. The van der Waals surface area contributed by atoms with E-state index in [9.17, 15) is 24.5 Å². The quantitative estimate of drug-likeness (QED) is 0.582. The molecule has 1 aromatic carbocycles. The Morgan fingerprint density at radius 1 is 1.43 bits per heavy atom. The monoisotopic (exact) mass is 390 g/mol. The zero-order chi connectivity index (χ0) is 20.4. The fraction of sp³-hybridized carbons (Fsp3) is 0.389.